The second kappa shape index (κ2) is 7.69. The summed E-state index contributed by atoms with van der Waals surface area (Å²) in [6.07, 6.45) is 5.72. The molecule has 0 saturated heterocycles. The SMILES string of the molecule is COc1cc(O)cc(C(=O)CNC(=O)C(C)(C)C2CCCCC2)c1. The molecule has 0 unspecified atom stereocenters. The number of amides is 1. The summed E-state index contributed by atoms with van der Waals surface area (Å²) < 4.78 is 5.05. The van der Waals surface area contributed by atoms with Crippen molar-refractivity contribution >= 4 is 11.7 Å². The highest BCUT2D eigenvalue weighted by atomic mass is 16.5. The van der Waals surface area contributed by atoms with Crippen LogP contribution in [0.2, 0.25) is 0 Å². The number of rotatable bonds is 6. The number of carbonyl (C=O) groups is 2. The molecule has 1 aliphatic rings. The van der Waals surface area contributed by atoms with Gasteiger partial charge in [-0.1, -0.05) is 33.1 Å². The van der Waals surface area contributed by atoms with Crippen LogP contribution in [0.25, 0.3) is 0 Å². The van der Waals surface area contributed by atoms with Gasteiger partial charge < -0.3 is 15.2 Å². The Kier molecular flexibility index (Phi) is 5.86. The van der Waals surface area contributed by atoms with Crippen LogP contribution in [-0.2, 0) is 4.79 Å². The van der Waals surface area contributed by atoms with E-state index in [2.05, 4.69) is 5.32 Å². The number of methoxy groups -OCH3 is 1. The largest absolute Gasteiger partial charge is 0.508 e. The lowest BCUT2D eigenvalue weighted by atomic mass is 9.70. The molecule has 0 bridgehead atoms. The number of hydrogen-bond donors (Lipinski definition) is 2. The Morgan fingerprint density at radius 1 is 1.21 bits per heavy atom. The van der Waals surface area contributed by atoms with Crippen molar-refractivity contribution < 1.29 is 19.4 Å². The second-order valence-corrected chi connectivity index (χ2v) is 7.08. The smallest absolute Gasteiger partial charge is 0.226 e. The number of carbonyl (C=O) groups excluding carboxylic acids is 2. The summed E-state index contributed by atoms with van der Waals surface area (Å²) in [5.74, 6) is 0.396. The molecule has 5 nitrogen and oxygen atoms in total. The Hall–Kier alpha value is -2.04. The molecule has 1 aromatic rings. The first-order valence-electron chi connectivity index (χ1n) is 8.54. The monoisotopic (exact) mass is 333 g/mol. The minimum absolute atomic E-state index is 0.0356. The van der Waals surface area contributed by atoms with E-state index in [1.165, 1.54) is 38.5 Å². The number of aromatic hydroxyl groups is 1. The van der Waals surface area contributed by atoms with Gasteiger partial charge in [0.1, 0.15) is 11.5 Å². The van der Waals surface area contributed by atoms with Crippen LogP contribution in [0.3, 0.4) is 0 Å². The first-order valence-corrected chi connectivity index (χ1v) is 8.54. The molecule has 0 atom stereocenters. The molecule has 0 spiro atoms. The second-order valence-electron chi connectivity index (χ2n) is 7.08. The highest BCUT2D eigenvalue weighted by Crippen LogP contribution is 2.38. The Morgan fingerprint density at radius 3 is 2.50 bits per heavy atom. The van der Waals surface area contributed by atoms with Gasteiger partial charge in [-0.15, -0.1) is 0 Å². The fourth-order valence-electron chi connectivity index (χ4n) is 3.36. The van der Waals surface area contributed by atoms with Crippen LogP contribution >= 0.6 is 0 Å². The van der Waals surface area contributed by atoms with Crippen molar-refractivity contribution in [1.82, 2.24) is 5.32 Å². The molecule has 24 heavy (non-hydrogen) atoms. The van der Waals surface area contributed by atoms with Gasteiger partial charge in [0.15, 0.2) is 5.78 Å². The zero-order chi connectivity index (χ0) is 17.7. The maximum absolute atomic E-state index is 12.6. The van der Waals surface area contributed by atoms with Gasteiger partial charge in [0, 0.05) is 17.0 Å². The molecule has 0 radical (unpaired) electrons. The van der Waals surface area contributed by atoms with E-state index in [0.29, 0.717) is 17.2 Å². The molecule has 1 aliphatic carbocycles. The lowest BCUT2D eigenvalue weighted by molar-refractivity contribution is -0.132. The van der Waals surface area contributed by atoms with Gasteiger partial charge in [-0.05, 0) is 30.9 Å². The minimum atomic E-state index is -0.475. The van der Waals surface area contributed by atoms with Crippen LogP contribution in [0.1, 0.15) is 56.3 Å². The lowest BCUT2D eigenvalue weighted by Crippen LogP contribution is -2.44. The van der Waals surface area contributed by atoms with Crippen molar-refractivity contribution in [2.24, 2.45) is 11.3 Å². The minimum Gasteiger partial charge on any atom is -0.508 e. The number of ketones is 1. The number of phenols is 1. The van der Waals surface area contributed by atoms with Crippen LogP contribution in [0, 0.1) is 11.3 Å². The lowest BCUT2D eigenvalue weighted by Gasteiger charge is -2.35. The van der Waals surface area contributed by atoms with Gasteiger partial charge in [0.05, 0.1) is 13.7 Å². The fourth-order valence-corrected chi connectivity index (χ4v) is 3.36. The molecule has 0 heterocycles. The third kappa shape index (κ3) is 4.28. The molecule has 5 heteroatoms. The topological polar surface area (TPSA) is 75.6 Å². The molecule has 2 rings (SSSR count). The normalized spacial score (nSPS) is 15.8. The number of ether oxygens (including phenoxy) is 1. The summed E-state index contributed by atoms with van der Waals surface area (Å²) in [5, 5.41) is 12.4. The van der Waals surface area contributed by atoms with Crippen molar-refractivity contribution in [2.75, 3.05) is 13.7 Å². The van der Waals surface area contributed by atoms with E-state index in [1.807, 2.05) is 13.8 Å². The van der Waals surface area contributed by atoms with Crippen LogP contribution < -0.4 is 10.1 Å². The number of Topliss-reactive ketones (excluding diaryl/α,β-unsaturated/α-hetero) is 1. The van der Waals surface area contributed by atoms with Crippen LogP contribution in [0.15, 0.2) is 18.2 Å². The first kappa shape index (κ1) is 18.3. The molecule has 1 saturated carbocycles. The standard InChI is InChI=1S/C19H27NO4/c1-19(2,14-7-5-4-6-8-14)18(23)20-12-17(22)13-9-15(21)11-16(10-13)24-3/h9-11,14,21H,4-8,12H2,1-3H3,(H,20,23). The maximum atomic E-state index is 12.6. The highest BCUT2D eigenvalue weighted by Gasteiger charge is 2.37. The van der Waals surface area contributed by atoms with E-state index in [9.17, 15) is 14.7 Å². The summed E-state index contributed by atoms with van der Waals surface area (Å²) in [7, 11) is 1.47. The quantitative estimate of drug-likeness (QED) is 0.783. The van der Waals surface area contributed by atoms with Gasteiger partial charge in [-0.3, -0.25) is 9.59 Å². The number of nitrogens with one attached hydrogen (secondary N) is 1. The fraction of sp³-hybridized carbons (Fsp3) is 0.579. The van der Waals surface area contributed by atoms with Gasteiger partial charge in [-0.25, -0.2) is 0 Å². The zero-order valence-electron chi connectivity index (χ0n) is 14.7. The van der Waals surface area contributed by atoms with Gasteiger partial charge in [0.2, 0.25) is 5.91 Å². The summed E-state index contributed by atoms with van der Waals surface area (Å²) in [5.41, 5.74) is -0.153. The van der Waals surface area contributed by atoms with Gasteiger partial charge in [-0.2, -0.15) is 0 Å². The Balaban J connectivity index is 1.97. The van der Waals surface area contributed by atoms with E-state index >= 15 is 0 Å². The molecule has 0 aliphatic heterocycles. The average molecular weight is 333 g/mol. The maximum Gasteiger partial charge on any atom is 0.226 e. The Bertz CT molecular complexity index is 603. The predicted molar refractivity (Wildman–Crippen MR) is 92.4 cm³/mol. The summed E-state index contributed by atoms with van der Waals surface area (Å²) >= 11 is 0. The average Bonchev–Trinajstić information content (AvgIpc) is 2.59. The van der Waals surface area contributed by atoms with E-state index in [-0.39, 0.29) is 24.0 Å². The molecule has 132 valence electrons. The summed E-state index contributed by atoms with van der Waals surface area (Å²) in [6, 6.07) is 4.37. The van der Waals surface area contributed by atoms with Crippen LogP contribution in [0.5, 0.6) is 11.5 Å². The van der Waals surface area contributed by atoms with Crippen molar-refractivity contribution in [2.45, 2.75) is 46.0 Å². The van der Waals surface area contributed by atoms with Crippen molar-refractivity contribution in [3.8, 4) is 11.5 Å². The van der Waals surface area contributed by atoms with E-state index in [0.717, 1.165) is 12.8 Å². The van der Waals surface area contributed by atoms with E-state index in [4.69, 9.17) is 4.74 Å². The van der Waals surface area contributed by atoms with Crippen LogP contribution in [-0.4, -0.2) is 30.5 Å². The third-order valence-electron chi connectivity index (χ3n) is 5.07. The van der Waals surface area contributed by atoms with E-state index in [1.54, 1.807) is 6.07 Å². The summed E-state index contributed by atoms with van der Waals surface area (Å²) in [4.78, 5) is 24.8. The van der Waals surface area contributed by atoms with Crippen molar-refractivity contribution in [3.05, 3.63) is 23.8 Å². The molecule has 1 aromatic carbocycles. The van der Waals surface area contributed by atoms with Gasteiger partial charge >= 0.3 is 0 Å². The third-order valence-corrected chi connectivity index (χ3v) is 5.07. The zero-order valence-corrected chi connectivity index (χ0v) is 14.7. The molecular formula is C19H27NO4. The Morgan fingerprint density at radius 2 is 1.88 bits per heavy atom. The number of hydrogen-bond acceptors (Lipinski definition) is 4. The Labute approximate surface area is 143 Å². The van der Waals surface area contributed by atoms with Gasteiger partial charge in [0.25, 0.3) is 0 Å². The predicted octanol–water partition coefficient (Wildman–Crippen LogP) is 3.31. The molecule has 1 amide bonds. The van der Waals surface area contributed by atoms with E-state index < -0.39 is 5.41 Å². The molecule has 0 aromatic heterocycles. The molecular weight excluding hydrogens is 306 g/mol. The summed E-state index contributed by atoms with van der Waals surface area (Å²) in [6.45, 7) is 3.84. The van der Waals surface area contributed by atoms with Crippen LogP contribution in [0.4, 0.5) is 0 Å². The first-order chi connectivity index (χ1) is 11.3. The number of benzene rings is 1. The van der Waals surface area contributed by atoms with Crippen molar-refractivity contribution in [3.63, 3.8) is 0 Å². The molecule has 2 N–H and O–H groups in total. The van der Waals surface area contributed by atoms with Crippen molar-refractivity contribution in [1.29, 1.82) is 0 Å². The number of phenolic OH excluding ortho intramolecular Hbond substituents is 1. The molecule has 1 fully saturated rings. The highest BCUT2D eigenvalue weighted by molar-refractivity contribution is 6.00.